The average Bonchev–Trinajstić information content (AvgIpc) is 2.46. The predicted octanol–water partition coefficient (Wildman–Crippen LogP) is 4.18. The molecule has 0 heterocycles. The van der Waals surface area contributed by atoms with E-state index in [0.717, 1.165) is 18.4 Å². The molecule has 2 rings (SSSR count). The maximum atomic E-state index is 12.3. The number of esters is 1. The Kier molecular flexibility index (Phi) is 4.73. The van der Waals surface area contributed by atoms with Gasteiger partial charge in [-0.05, 0) is 24.1 Å². The summed E-state index contributed by atoms with van der Waals surface area (Å²) in [5.74, 6) is 0.232. The van der Waals surface area contributed by atoms with E-state index in [4.69, 9.17) is 4.74 Å². The number of hydrogen-bond acceptors (Lipinski definition) is 2. The van der Waals surface area contributed by atoms with Crippen molar-refractivity contribution in [3.8, 4) is 5.75 Å². The van der Waals surface area contributed by atoms with Gasteiger partial charge in [0.1, 0.15) is 5.75 Å². The van der Waals surface area contributed by atoms with Gasteiger partial charge >= 0.3 is 5.97 Å². The molecule has 2 nitrogen and oxygen atoms in total. The summed E-state index contributed by atoms with van der Waals surface area (Å²) in [6.07, 6.45) is 1.75. The third-order valence-corrected chi connectivity index (χ3v) is 3.03. The van der Waals surface area contributed by atoms with Crippen molar-refractivity contribution in [2.75, 3.05) is 0 Å². The summed E-state index contributed by atoms with van der Waals surface area (Å²) in [5.41, 5.74) is 1.02. The molecule has 0 fully saturated rings. The molecule has 0 spiro atoms. The number of para-hydroxylation sites is 1. The molecule has 2 heteroatoms. The minimum atomic E-state index is -0.189. The molecule has 98 valence electrons. The van der Waals surface area contributed by atoms with Gasteiger partial charge in [0.2, 0.25) is 0 Å². The van der Waals surface area contributed by atoms with Gasteiger partial charge in [-0.15, -0.1) is 0 Å². The van der Waals surface area contributed by atoms with Gasteiger partial charge in [0.25, 0.3) is 0 Å². The zero-order valence-electron chi connectivity index (χ0n) is 11.1. The summed E-state index contributed by atoms with van der Waals surface area (Å²) >= 11 is 0. The van der Waals surface area contributed by atoms with Gasteiger partial charge in [0, 0.05) is 0 Å². The third-order valence-electron chi connectivity index (χ3n) is 3.03. The van der Waals surface area contributed by atoms with E-state index in [0.29, 0.717) is 5.75 Å². The van der Waals surface area contributed by atoms with Crippen molar-refractivity contribution in [3.05, 3.63) is 66.2 Å². The summed E-state index contributed by atoms with van der Waals surface area (Å²) < 4.78 is 5.44. The largest absolute Gasteiger partial charge is 0.426 e. The van der Waals surface area contributed by atoms with Crippen LogP contribution in [0.4, 0.5) is 0 Å². The van der Waals surface area contributed by atoms with Crippen molar-refractivity contribution < 1.29 is 9.53 Å². The Hall–Kier alpha value is -2.09. The third kappa shape index (κ3) is 3.68. The number of benzene rings is 2. The van der Waals surface area contributed by atoms with Crippen LogP contribution in [-0.2, 0) is 4.79 Å². The van der Waals surface area contributed by atoms with E-state index in [-0.39, 0.29) is 11.9 Å². The lowest BCUT2D eigenvalue weighted by Gasteiger charge is -2.15. The molecular weight excluding hydrogens is 236 g/mol. The fraction of sp³-hybridized carbons (Fsp3) is 0.235. The average molecular weight is 254 g/mol. The molecule has 19 heavy (non-hydrogen) atoms. The van der Waals surface area contributed by atoms with Crippen molar-refractivity contribution in [1.29, 1.82) is 0 Å². The maximum Gasteiger partial charge on any atom is 0.318 e. The Morgan fingerprint density at radius 1 is 1.00 bits per heavy atom. The number of hydrogen-bond donors (Lipinski definition) is 0. The van der Waals surface area contributed by atoms with E-state index in [9.17, 15) is 4.79 Å². The number of ether oxygens (including phenoxy) is 1. The fourth-order valence-electron chi connectivity index (χ4n) is 2.07. The zero-order chi connectivity index (χ0) is 13.5. The van der Waals surface area contributed by atoms with E-state index < -0.39 is 0 Å². The first-order valence-electron chi connectivity index (χ1n) is 6.63. The smallest absolute Gasteiger partial charge is 0.318 e. The number of carbonyl (C=O) groups excluding carboxylic acids is 1. The molecule has 0 saturated heterocycles. The molecule has 0 radical (unpaired) electrons. The molecule has 0 saturated carbocycles. The van der Waals surface area contributed by atoms with Gasteiger partial charge in [-0.1, -0.05) is 61.9 Å². The zero-order valence-corrected chi connectivity index (χ0v) is 11.1. The van der Waals surface area contributed by atoms with Crippen molar-refractivity contribution in [2.45, 2.75) is 25.7 Å². The van der Waals surface area contributed by atoms with Crippen LogP contribution in [0.5, 0.6) is 5.75 Å². The van der Waals surface area contributed by atoms with Gasteiger partial charge in [0.05, 0.1) is 5.92 Å². The van der Waals surface area contributed by atoms with Crippen LogP contribution in [0.1, 0.15) is 31.2 Å². The van der Waals surface area contributed by atoms with E-state index >= 15 is 0 Å². The van der Waals surface area contributed by atoms with Crippen LogP contribution in [-0.4, -0.2) is 5.97 Å². The molecule has 2 aromatic rings. The summed E-state index contributed by atoms with van der Waals surface area (Å²) in [4.78, 5) is 12.3. The van der Waals surface area contributed by atoms with Crippen LogP contribution >= 0.6 is 0 Å². The minimum Gasteiger partial charge on any atom is -0.426 e. The maximum absolute atomic E-state index is 12.3. The highest BCUT2D eigenvalue weighted by Crippen LogP contribution is 2.24. The topological polar surface area (TPSA) is 26.3 Å². The normalized spacial score (nSPS) is 11.8. The fourth-order valence-corrected chi connectivity index (χ4v) is 2.07. The van der Waals surface area contributed by atoms with Crippen molar-refractivity contribution in [2.24, 2.45) is 0 Å². The molecule has 0 amide bonds. The summed E-state index contributed by atoms with van der Waals surface area (Å²) in [5, 5.41) is 0. The molecule has 2 aromatic carbocycles. The van der Waals surface area contributed by atoms with Crippen molar-refractivity contribution in [1.82, 2.24) is 0 Å². The lowest BCUT2D eigenvalue weighted by Crippen LogP contribution is -2.18. The molecule has 0 aliphatic rings. The molecule has 0 aromatic heterocycles. The standard InChI is InChI=1S/C17H18O2/c1-2-9-16(14-10-5-3-6-11-14)17(18)19-15-12-7-4-8-13-15/h3-8,10-13,16H,2,9H2,1H3. The second-order valence-electron chi connectivity index (χ2n) is 4.49. The van der Waals surface area contributed by atoms with Crippen LogP contribution < -0.4 is 4.74 Å². The lowest BCUT2D eigenvalue weighted by atomic mass is 9.95. The Morgan fingerprint density at radius 2 is 1.58 bits per heavy atom. The Balaban J connectivity index is 2.13. The number of rotatable bonds is 5. The van der Waals surface area contributed by atoms with E-state index in [1.165, 1.54) is 0 Å². The second kappa shape index (κ2) is 6.74. The van der Waals surface area contributed by atoms with Crippen LogP contribution in [0.25, 0.3) is 0 Å². The minimum absolute atomic E-state index is 0.181. The Labute approximate surface area is 114 Å². The quantitative estimate of drug-likeness (QED) is 0.591. The van der Waals surface area contributed by atoms with Crippen molar-refractivity contribution >= 4 is 5.97 Å². The predicted molar refractivity (Wildman–Crippen MR) is 76.2 cm³/mol. The molecule has 0 bridgehead atoms. The highest BCUT2D eigenvalue weighted by atomic mass is 16.5. The second-order valence-corrected chi connectivity index (χ2v) is 4.49. The molecule has 0 aliphatic carbocycles. The molecular formula is C17H18O2. The van der Waals surface area contributed by atoms with Crippen LogP contribution in [0.15, 0.2) is 60.7 Å². The van der Waals surface area contributed by atoms with Crippen LogP contribution in [0.3, 0.4) is 0 Å². The highest BCUT2D eigenvalue weighted by Gasteiger charge is 2.21. The summed E-state index contributed by atoms with van der Waals surface area (Å²) in [6.45, 7) is 2.08. The molecule has 1 unspecified atom stereocenters. The Morgan fingerprint density at radius 3 is 2.16 bits per heavy atom. The highest BCUT2D eigenvalue weighted by molar-refractivity contribution is 5.80. The molecule has 1 atom stereocenters. The summed E-state index contributed by atoms with van der Waals surface area (Å²) in [7, 11) is 0. The Bertz CT molecular complexity index is 505. The number of carbonyl (C=O) groups is 1. The first-order valence-corrected chi connectivity index (χ1v) is 6.63. The monoisotopic (exact) mass is 254 g/mol. The van der Waals surface area contributed by atoms with Gasteiger partial charge < -0.3 is 4.74 Å². The van der Waals surface area contributed by atoms with Gasteiger partial charge in [-0.25, -0.2) is 0 Å². The van der Waals surface area contributed by atoms with Gasteiger partial charge in [-0.3, -0.25) is 4.79 Å². The first kappa shape index (κ1) is 13.3. The molecule has 0 N–H and O–H groups in total. The molecule has 0 aliphatic heterocycles. The van der Waals surface area contributed by atoms with E-state index in [1.54, 1.807) is 12.1 Å². The van der Waals surface area contributed by atoms with Gasteiger partial charge in [-0.2, -0.15) is 0 Å². The van der Waals surface area contributed by atoms with E-state index in [2.05, 4.69) is 6.92 Å². The first-order chi connectivity index (χ1) is 9.31. The lowest BCUT2D eigenvalue weighted by molar-refractivity contribution is -0.136. The van der Waals surface area contributed by atoms with Crippen molar-refractivity contribution in [3.63, 3.8) is 0 Å². The van der Waals surface area contributed by atoms with Crippen LogP contribution in [0.2, 0.25) is 0 Å². The van der Waals surface area contributed by atoms with E-state index in [1.807, 2.05) is 48.5 Å². The summed E-state index contributed by atoms with van der Waals surface area (Å²) in [6, 6.07) is 19.0. The van der Waals surface area contributed by atoms with Gasteiger partial charge in [0.15, 0.2) is 0 Å². The SMILES string of the molecule is CCCC(C(=O)Oc1ccccc1)c1ccccc1. The van der Waals surface area contributed by atoms with Crippen LogP contribution in [0, 0.1) is 0 Å².